The van der Waals surface area contributed by atoms with Crippen LogP contribution in [0.1, 0.15) is 21.5 Å². The molecule has 0 unspecified atom stereocenters. The quantitative estimate of drug-likeness (QED) is 0.840. The summed E-state index contributed by atoms with van der Waals surface area (Å²) in [5.41, 5.74) is 2.37. The summed E-state index contributed by atoms with van der Waals surface area (Å²) in [4.78, 5) is 12.0. The number of hydrogen-bond donors (Lipinski definition) is 1. The van der Waals surface area contributed by atoms with E-state index in [0.717, 1.165) is 11.1 Å². The summed E-state index contributed by atoms with van der Waals surface area (Å²) in [5.74, 6) is -0.469. The third kappa shape index (κ3) is 3.32. The standard InChI is InChI=1S/C15H13ClFNO/c1-10-5-6-13(17)14(7-10)18-15(19)12-4-2-3-11(8-12)9-16/h2-8H,9H2,1H3,(H,18,19). The van der Waals surface area contributed by atoms with E-state index in [1.54, 1.807) is 30.3 Å². The van der Waals surface area contributed by atoms with Crippen molar-refractivity contribution in [2.24, 2.45) is 0 Å². The second kappa shape index (κ2) is 5.85. The lowest BCUT2D eigenvalue weighted by atomic mass is 10.1. The first-order chi connectivity index (χ1) is 9.10. The van der Waals surface area contributed by atoms with E-state index < -0.39 is 5.82 Å². The largest absolute Gasteiger partial charge is 0.319 e. The predicted molar refractivity (Wildman–Crippen MR) is 75.1 cm³/mol. The van der Waals surface area contributed by atoms with Crippen LogP contribution in [-0.2, 0) is 5.88 Å². The van der Waals surface area contributed by atoms with Gasteiger partial charge in [-0.2, -0.15) is 0 Å². The zero-order valence-electron chi connectivity index (χ0n) is 10.4. The third-order valence-corrected chi connectivity index (χ3v) is 3.02. The molecule has 1 amide bonds. The van der Waals surface area contributed by atoms with Crippen molar-refractivity contribution in [2.75, 3.05) is 5.32 Å². The van der Waals surface area contributed by atoms with Gasteiger partial charge in [0.1, 0.15) is 5.82 Å². The number of alkyl halides is 1. The predicted octanol–water partition coefficient (Wildman–Crippen LogP) is 4.13. The van der Waals surface area contributed by atoms with Gasteiger partial charge >= 0.3 is 0 Å². The first kappa shape index (κ1) is 13.6. The van der Waals surface area contributed by atoms with Crippen LogP contribution in [-0.4, -0.2) is 5.91 Å². The number of anilines is 1. The summed E-state index contributed by atoms with van der Waals surface area (Å²) in [6.07, 6.45) is 0. The van der Waals surface area contributed by atoms with Gasteiger partial charge in [0.15, 0.2) is 0 Å². The number of amides is 1. The van der Waals surface area contributed by atoms with Crippen molar-refractivity contribution in [3.8, 4) is 0 Å². The number of nitrogens with one attached hydrogen (secondary N) is 1. The molecule has 0 fully saturated rings. The van der Waals surface area contributed by atoms with Gasteiger partial charge < -0.3 is 5.32 Å². The molecule has 19 heavy (non-hydrogen) atoms. The number of aryl methyl sites for hydroxylation is 1. The highest BCUT2D eigenvalue weighted by atomic mass is 35.5. The fourth-order valence-corrected chi connectivity index (χ4v) is 1.89. The maximum Gasteiger partial charge on any atom is 0.255 e. The number of carbonyl (C=O) groups excluding carboxylic acids is 1. The molecule has 2 aromatic carbocycles. The van der Waals surface area contributed by atoms with Crippen LogP contribution in [0.2, 0.25) is 0 Å². The molecule has 0 heterocycles. The van der Waals surface area contributed by atoms with Crippen molar-refractivity contribution in [3.63, 3.8) is 0 Å². The van der Waals surface area contributed by atoms with Crippen LogP contribution >= 0.6 is 11.6 Å². The molecule has 0 saturated heterocycles. The van der Waals surface area contributed by atoms with Gasteiger partial charge in [0.2, 0.25) is 0 Å². The average Bonchev–Trinajstić information content (AvgIpc) is 2.43. The van der Waals surface area contributed by atoms with Crippen LogP contribution in [0.15, 0.2) is 42.5 Å². The molecular formula is C15H13ClFNO. The summed E-state index contributed by atoms with van der Waals surface area (Å²) in [7, 11) is 0. The molecule has 2 rings (SSSR count). The minimum Gasteiger partial charge on any atom is -0.319 e. The van der Waals surface area contributed by atoms with E-state index in [0.29, 0.717) is 11.4 Å². The van der Waals surface area contributed by atoms with Crippen LogP contribution in [0.4, 0.5) is 10.1 Å². The molecule has 0 spiro atoms. The Morgan fingerprint density at radius 1 is 1.26 bits per heavy atom. The third-order valence-electron chi connectivity index (χ3n) is 2.71. The van der Waals surface area contributed by atoms with E-state index >= 15 is 0 Å². The number of hydrogen-bond acceptors (Lipinski definition) is 1. The second-order valence-corrected chi connectivity index (χ2v) is 4.54. The molecule has 0 aliphatic heterocycles. The van der Waals surface area contributed by atoms with Crippen LogP contribution in [0.3, 0.4) is 0 Å². The molecule has 0 aliphatic carbocycles. The SMILES string of the molecule is Cc1ccc(F)c(NC(=O)c2cccc(CCl)c2)c1. The molecule has 98 valence electrons. The number of carbonyl (C=O) groups is 1. The maximum atomic E-state index is 13.6. The van der Waals surface area contributed by atoms with Gasteiger partial charge in [0.25, 0.3) is 5.91 Å². The Hall–Kier alpha value is -1.87. The van der Waals surface area contributed by atoms with Gasteiger partial charge in [-0.3, -0.25) is 4.79 Å². The first-order valence-electron chi connectivity index (χ1n) is 5.82. The Labute approximate surface area is 116 Å². The highest BCUT2D eigenvalue weighted by Crippen LogP contribution is 2.17. The summed E-state index contributed by atoms with van der Waals surface area (Å²) in [6, 6.07) is 11.5. The molecular weight excluding hydrogens is 265 g/mol. The van der Waals surface area contributed by atoms with E-state index in [1.807, 2.05) is 13.0 Å². The molecule has 2 nitrogen and oxygen atoms in total. The maximum absolute atomic E-state index is 13.6. The van der Waals surface area contributed by atoms with Crippen molar-refractivity contribution < 1.29 is 9.18 Å². The van der Waals surface area contributed by atoms with Gasteiger partial charge in [-0.1, -0.05) is 18.2 Å². The Morgan fingerprint density at radius 3 is 2.79 bits per heavy atom. The van der Waals surface area contributed by atoms with Crippen molar-refractivity contribution in [3.05, 3.63) is 65.0 Å². The summed E-state index contributed by atoms with van der Waals surface area (Å²) >= 11 is 5.72. The molecule has 2 aromatic rings. The van der Waals surface area contributed by atoms with E-state index in [4.69, 9.17) is 11.6 Å². The van der Waals surface area contributed by atoms with Crippen molar-refractivity contribution in [2.45, 2.75) is 12.8 Å². The highest BCUT2D eigenvalue weighted by molar-refractivity contribution is 6.17. The van der Waals surface area contributed by atoms with Gasteiger partial charge in [-0.05, 0) is 42.3 Å². The molecule has 4 heteroatoms. The molecule has 0 radical (unpaired) electrons. The number of halogens is 2. The topological polar surface area (TPSA) is 29.1 Å². The lowest BCUT2D eigenvalue weighted by Gasteiger charge is -2.08. The smallest absolute Gasteiger partial charge is 0.255 e. The summed E-state index contributed by atoms with van der Waals surface area (Å²) in [5, 5.41) is 2.56. The number of benzene rings is 2. The van der Waals surface area contributed by atoms with Gasteiger partial charge in [0, 0.05) is 11.4 Å². The van der Waals surface area contributed by atoms with Crippen LogP contribution in [0.5, 0.6) is 0 Å². The molecule has 1 N–H and O–H groups in total. The van der Waals surface area contributed by atoms with Crippen LogP contribution in [0.25, 0.3) is 0 Å². The zero-order valence-corrected chi connectivity index (χ0v) is 11.2. The monoisotopic (exact) mass is 277 g/mol. The minimum atomic E-state index is -0.451. The lowest BCUT2D eigenvalue weighted by Crippen LogP contribution is -2.13. The van der Waals surface area contributed by atoms with E-state index in [9.17, 15) is 9.18 Å². The Balaban J connectivity index is 2.22. The fraction of sp³-hybridized carbons (Fsp3) is 0.133. The molecule has 0 saturated carbocycles. The van der Waals surface area contributed by atoms with Crippen molar-refractivity contribution >= 4 is 23.2 Å². The van der Waals surface area contributed by atoms with Gasteiger partial charge in [-0.25, -0.2) is 4.39 Å². The van der Waals surface area contributed by atoms with Crippen LogP contribution < -0.4 is 5.32 Å². The highest BCUT2D eigenvalue weighted by Gasteiger charge is 2.09. The average molecular weight is 278 g/mol. The fourth-order valence-electron chi connectivity index (χ4n) is 1.73. The van der Waals surface area contributed by atoms with Crippen LogP contribution in [0, 0.1) is 12.7 Å². The molecule has 0 aliphatic rings. The minimum absolute atomic E-state index is 0.182. The molecule has 0 bridgehead atoms. The van der Waals surface area contributed by atoms with Gasteiger partial charge in [0.05, 0.1) is 5.69 Å². The van der Waals surface area contributed by atoms with E-state index in [1.165, 1.54) is 6.07 Å². The zero-order chi connectivity index (χ0) is 13.8. The van der Waals surface area contributed by atoms with Crippen molar-refractivity contribution in [1.82, 2.24) is 0 Å². The Morgan fingerprint density at radius 2 is 2.05 bits per heavy atom. The first-order valence-corrected chi connectivity index (χ1v) is 6.36. The van der Waals surface area contributed by atoms with E-state index in [2.05, 4.69) is 5.32 Å². The lowest BCUT2D eigenvalue weighted by molar-refractivity contribution is 0.102. The number of rotatable bonds is 3. The molecule has 0 aromatic heterocycles. The Bertz CT molecular complexity index is 613. The Kier molecular flexibility index (Phi) is 4.17. The normalized spacial score (nSPS) is 10.3. The second-order valence-electron chi connectivity index (χ2n) is 4.27. The summed E-state index contributed by atoms with van der Waals surface area (Å²) in [6.45, 7) is 1.84. The van der Waals surface area contributed by atoms with E-state index in [-0.39, 0.29) is 11.6 Å². The van der Waals surface area contributed by atoms with Crippen molar-refractivity contribution in [1.29, 1.82) is 0 Å². The summed E-state index contributed by atoms with van der Waals surface area (Å²) < 4.78 is 13.6. The van der Waals surface area contributed by atoms with Gasteiger partial charge in [-0.15, -0.1) is 11.6 Å². The molecule has 0 atom stereocenters.